The molecule has 2 fully saturated rings. The lowest BCUT2D eigenvalue weighted by atomic mass is 9.74. The maximum absolute atomic E-state index is 10.4. The van der Waals surface area contributed by atoms with Crippen LogP contribution in [0.15, 0.2) is 0 Å². The molecule has 0 spiro atoms. The van der Waals surface area contributed by atoms with E-state index in [0.717, 1.165) is 12.8 Å². The molecule has 0 unspecified atom stereocenters. The highest BCUT2D eigenvalue weighted by atomic mass is 32.2. The summed E-state index contributed by atoms with van der Waals surface area (Å²) in [7, 11) is 0. The Kier molecular flexibility index (Phi) is 2.81. The molecular formula is C12H18OS. The first-order chi connectivity index (χ1) is 6.65. The van der Waals surface area contributed by atoms with E-state index in [-0.39, 0.29) is 0 Å². The van der Waals surface area contributed by atoms with Gasteiger partial charge in [0.2, 0.25) is 0 Å². The van der Waals surface area contributed by atoms with E-state index in [1.807, 2.05) is 11.8 Å². The molecule has 0 bridgehead atoms. The van der Waals surface area contributed by atoms with Crippen LogP contribution in [0.1, 0.15) is 39.0 Å². The molecule has 0 aromatic rings. The van der Waals surface area contributed by atoms with Crippen LogP contribution >= 0.6 is 11.8 Å². The number of hydrogen-bond acceptors (Lipinski definition) is 2. The van der Waals surface area contributed by atoms with Crippen LogP contribution in [-0.4, -0.2) is 21.2 Å². The second kappa shape index (κ2) is 3.79. The van der Waals surface area contributed by atoms with Crippen molar-refractivity contribution in [2.24, 2.45) is 5.92 Å². The molecule has 1 nitrogen and oxygen atoms in total. The lowest BCUT2D eigenvalue weighted by Gasteiger charge is -2.46. The summed E-state index contributed by atoms with van der Waals surface area (Å²) in [4.78, 5) is 0. The number of thioether (sulfide) groups is 1. The molecule has 1 aliphatic heterocycles. The predicted octanol–water partition coefficient (Wildman–Crippen LogP) is 2.43. The average Bonchev–Trinajstić information content (AvgIpc) is 2.17. The molecule has 1 N–H and O–H groups in total. The van der Waals surface area contributed by atoms with E-state index in [0.29, 0.717) is 16.4 Å². The standard InChI is InChI=1S/C12H18OS/c1-3-12(13)8-9(2)14-11-7-5-4-6-10(11)12/h1,9-11,13H,4-8H2,2H3/t9-,10-,11+,12+/m0/s1. The number of hydrogen-bond donors (Lipinski definition) is 1. The minimum atomic E-state index is -0.810. The topological polar surface area (TPSA) is 20.2 Å². The molecule has 2 aliphatic rings. The molecule has 0 aromatic heterocycles. The number of terminal acetylenes is 1. The summed E-state index contributed by atoms with van der Waals surface area (Å²) in [5.41, 5.74) is -0.810. The third-order valence-electron chi connectivity index (χ3n) is 3.57. The largest absolute Gasteiger partial charge is 0.377 e. The van der Waals surface area contributed by atoms with Gasteiger partial charge in [-0.2, -0.15) is 11.8 Å². The predicted molar refractivity (Wildman–Crippen MR) is 61.2 cm³/mol. The molecule has 2 heteroatoms. The maximum atomic E-state index is 10.4. The number of aliphatic hydroxyl groups is 1. The summed E-state index contributed by atoms with van der Waals surface area (Å²) in [6, 6.07) is 0. The molecule has 1 saturated carbocycles. The first-order valence-electron chi connectivity index (χ1n) is 5.51. The highest BCUT2D eigenvalue weighted by molar-refractivity contribution is 8.00. The summed E-state index contributed by atoms with van der Waals surface area (Å²) in [6.45, 7) is 2.18. The van der Waals surface area contributed by atoms with E-state index in [1.165, 1.54) is 19.3 Å². The van der Waals surface area contributed by atoms with Gasteiger partial charge in [-0.3, -0.25) is 0 Å². The molecule has 4 atom stereocenters. The van der Waals surface area contributed by atoms with Crippen molar-refractivity contribution >= 4 is 11.8 Å². The second-order valence-corrected chi connectivity index (χ2v) is 6.33. The Balaban J connectivity index is 2.20. The molecule has 0 radical (unpaired) electrons. The van der Waals surface area contributed by atoms with Gasteiger partial charge < -0.3 is 5.11 Å². The summed E-state index contributed by atoms with van der Waals surface area (Å²) < 4.78 is 0. The van der Waals surface area contributed by atoms with Gasteiger partial charge in [-0.25, -0.2) is 0 Å². The average molecular weight is 210 g/mol. The smallest absolute Gasteiger partial charge is 0.130 e. The Bertz CT molecular complexity index is 258. The number of rotatable bonds is 0. The highest BCUT2D eigenvalue weighted by Gasteiger charge is 2.46. The molecular weight excluding hydrogens is 192 g/mol. The third-order valence-corrected chi connectivity index (χ3v) is 5.12. The van der Waals surface area contributed by atoms with Crippen LogP contribution in [0.2, 0.25) is 0 Å². The lowest BCUT2D eigenvalue weighted by Crippen LogP contribution is -2.49. The molecule has 1 saturated heterocycles. The van der Waals surface area contributed by atoms with Crippen LogP contribution in [0.4, 0.5) is 0 Å². The van der Waals surface area contributed by atoms with Crippen LogP contribution < -0.4 is 0 Å². The Morgan fingerprint density at radius 1 is 1.43 bits per heavy atom. The zero-order valence-electron chi connectivity index (χ0n) is 8.70. The number of fused-ring (bicyclic) bond motifs is 1. The molecule has 14 heavy (non-hydrogen) atoms. The molecule has 2 rings (SSSR count). The van der Waals surface area contributed by atoms with E-state index in [1.54, 1.807) is 0 Å². The fraction of sp³-hybridized carbons (Fsp3) is 0.833. The zero-order valence-corrected chi connectivity index (χ0v) is 9.52. The molecule has 78 valence electrons. The second-order valence-electron chi connectivity index (χ2n) is 4.65. The van der Waals surface area contributed by atoms with Crippen LogP contribution in [0, 0.1) is 18.3 Å². The van der Waals surface area contributed by atoms with Crippen molar-refractivity contribution < 1.29 is 5.11 Å². The van der Waals surface area contributed by atoms with E-state index in [2.05, 4.69) is 12.8 Å². The van der Waals surface area contributed by atoms with Crippen LogP contribution in [0.25, 0.3) is 0 Å². The van der Waals surface area contributed by atoms with Crippen LogP contribution in [0.3, 0.4) is 0 Å². The van der Waals surface area contributed by atoms with Gasteiger partial charge >= 0.3 is 0 Å². The zero-order chi connectivity index (χ0) is 10.2. The molecule has 1 heterocycles. The van der Waals surface area contributed by atoms with Crippen molar-refractivity contribution in [3.63, 3.8) is 0 Å². The van der Waals surface area contributed by atoms with E-state index >= 15 is 0 Å². The van der Waals surface area contributed by atoms with Gasteiger partial charge in [-0.1, -0.05) is 25.7 Å². The molecule has 0 aromatic carbocycles. The Morgan fingerprint density at radius 3 is 2.86 bits per heavy atom. The van der Waals surface area contributed by atoms with E-state index in [9.17, 15) is 5.11 Å². The summed E-state index contributed by atoms with van der Waals surface area (Å²) in [5, 5.41) is 11.5. The van der Waals surface area contributed by atoms with Gasteiger partial charge in [-0.15, -0.1) is 6.42 Å². The SMILES string of the molecule is C#C[C@@]1(O)C[C@H](C)S[C@@H]2CCCC[C@@H]21. The van der Waals surface area contributed by atoms with Crippen molar-refractivity contribution in [2.45, 2.75) is 55.1 Å². The van der Waals surface area contributed by atoms with Crippen molar-refractivity contribution in [2.75, 3.05) is 0 Å². The van der Waals surface area contributed by atoms with Gasteiger partial charge in [0, 0.05) is 16.4 Å². The third kappa shape index (κ3) is 1.68. The maximum Gasteiger partial charge on any atom is 0.130 e. The first-order valence-corrected chi connectivity index (χ1v) is 6.45. The highest BCUT2D eigenvalue weighted by Crippen LogP contribution is 2.48. The fourth-order valence-corrected chi connectivity index (χ4v) is 4.71. The summed E-state index contributed by atoms with van der Waals surface area (Å²) in [5.74, 6) is 3.00. The van der Waals surface area contributed by atoms with Gasteiger partial charge in [0.15, 0.2) is 0 Å². The molecule has 1 aliphatic carbocycles. The van der Waals surface area contributed by atoms with Gasteiger partial charge in [-0.05, 0) is 19.3 Å². The Hall–Kier alpha value is -0.130. The van der Waals surface area contributed by atoms with Gasteiger partial charge in [0.05, 0.1) is 0 Å². The van der Waals surface area contributed by atoms with Crippen molar-refractivity contribution in [1.29, 1.82) is 0 Å². The Labute approximate surface area is 90.7 Å². The normalized spacial score (nSPS) is 47.9. The lowest BCUT2D eigenvalue weighted by molar-refractivity contribution is 0.0108. The minimum absolute atomic E-state index is 0.349. The quantitative estimate of drug-likeness (QED) is 0.620. The van der Waals surface area contributed by atoms with Gasteiger partial charge in [0.1, 0.15) is 5.60 Å². The summed E-state index contributed by atoms with van der Waals surface area (Å²) in [6.07, 6.45) is 11.2. The van der Waals surface area contributed by atoms with Crippen molar-refractivity contribution in [1.82, 2.24) is 0 Å². The fourth-order valence-electron chi connectivity index (χ4n) is 2.91. The van der Waals surface area contributed by atoms with E-state index < -0.39 is 5.60 Å². The van der Waals surface area contributed by atoms with Crippen molar-refractivity contribution in [3.8, 4) is 12.3 Å². The van der Waals surface area contributed by atoms with Crippen LogP contribution in [0.5, 0.6) is 0 Å². The monoisotopic (exact) mass is 210 g/mol. The van der Waals surface area contributed by atoms with Crippen molar-refractivity contribution in [3.05, 3.63) is 0 Å². The summed E-state index contributed by atoms with van der Waals surface area (Å²) >= 11 is 2.03. The minimum Gasteiger partial charge on any atom is -0.377 e. The molecule has 0 amide bonds. The van der Waals surface area contributed by atoms with Gasteiger partial charge in [0.25, 0.3) is 0 Å². The Morgan fingerprint density at radius 2 is 2.14 bits per heavy atom. The van der Waals surface area contributed by atoms with Crippen LogP contribution in [-0.2, 0) is 0 Å². The van der Waals surface area contributed by atoms with E-state index in [4.69, 9.17) is 6.42 Å². The first kappa shape index (κ1) is 10.4.